The van der Waals surface area contributed by atoms with Crippen LogP contribution in [0.3, 0.4) is 0 Å². The van der Waals surface area contributed by atoms with Gasteiger partial charge in [-0.3, -0.25) is 9.59 Å². The van der Waals surface area contributed by atoms with E-state index in [1.165, 1.54) is 5.56 Å². The Hall–Kier alpha value is -4.19. The molecule has 1 amide bonds. The molecule has 1 aromatic heterocycles. The molecule has 4 rings (SSSR count). The lowest BCUT2D eigenvalue weighted by Crippen LogP contribution is -2.16. The van der Waals surface area contributed by atoms with Gasteiger partial charge in [0.2, 0.25) is 0 Å². The van der Waals surface area contributed by atoms with E-state index < -0.39 is 11.9 Å². The number of benzene rings is 2. The van der Waals surface area contributed by atoms with E-state index >= 15 is 0 Å². The number of nitrogens with one attached hydrogen (secondary N) is 2. The van der Waals surface area contributed by atoms with Crippen molar-refractivity contribution in [3.63, 3.8) is 0 Å². The molecule has 3 aromatic rings. The SMILES string of the molecule is N#Cc1ccc(Nc2nnc(C(=O)Nc3ccc(C4CCC(CC(=O)O)CC4)cc3)o2)cc1. The third-order valence-electron chi connectivity index (χ3n) is 5.83. The number of carboxylic acids is 1. The predicted molar refractivity (Wildman–Crippen MR) is 120 cm³/mol. The highest BCUT2D eigenvalue weighted by Crippen LogP contribution is 2.37. The largest absolute Gasteiger partial charge is 0.481 e. The topological polar surface area (TPSA) is 141 Å². The maximum atomic E-state index is 12.5. The number of aliphatic carboxylic acids is 1. The van der Waals surface area contributed by atoms with Crippen molar-refractivity contribution in [2.45, 2.75) is 38.0 Å². The zero-order valence-corrected chi connectivity index (χ0v) is 17.8. The number of nitrogens with zero attached hydrogens (tertiary/aromatic N) is 3. The summed E-state index contributed by atoms with van der Waals surface area (Å²) < 4.78 is 5.38. The molecule has 1 aliphatic carbocycles. The van der Waals surface area contributed by atoms with Crippen molar-refractivity contribution in [2.24, 2.45) is 5.92 Å². The minimum Gasteiger partial charge on any atom is -0.481 e. The van der Waals surface area contributed by atoms with Gasteiger partial charge in [-0.1, -0.05) is 17.2 Å². The minimum atomic E-state index is -0.725. The van der Waals surface area contributed by atoms with Crippen LogP contribution < -0.4 is 10.6 Å². The van der Waals surface area contributed by atoms with E-state index in [-0.39, 0.29) is 24.2 Å². The minimum absolute atomic E-state index is 0.0682. The molecule has 1 aliphatic rings. The summed E-state index contributed by atoms with van der Waals surface area (Å²) in [5, 5.41) is 31.0. The molecule has 1 heterocycles. The molecule has 2 aromatic carbocycles. The molecule has 0 radical (unpaired) electrons. The van der Waals surface area contributed by atoms with E-state index in [2.05, 4.69) is 20.8 Å². The summed E-state index contributed by atoms with van der Waals surface area (Å²) in [7, 11) is 0. The molecular weight excluding hydrogens is 422 g/mol. The monoisotopic (exact) mass is 445 g/mol. The summed E-state index contributed by atoms with van der Waals surface area (Å²) in [6.45, 7) is 0. The third kappa shape index (κ3) is 5.74. The van der Waals surface area contributed by atoms with Crippen molar-refractivity contribution in [3.05, 3.63) is 65.5 Å². The summed E-state index contributed by atoms with van der Waals surface area (Å²) in [5.41, 5.74) is 2.98. The second-order valence-corrected chi connectivity index (χ2v) is 8.12. The van der Waals surface area contributed by atoms with Crippen LogP contribution in [0.25, 0.3) is 0 Å². The Morgan fingerprint density at radius 3 is 2.30 bits per heavy atom. The van der Waals surface area contributed by atoms with Crippen LogP contribution in [0.5, 0.6) is 0 Å². The van der Waals surface area contributed by atoms with E-state index in [1.807, 2.05) is 30.3 Å². The summed E-state index contributed by atoms with van der Waals surface area (Å²) in [6, 6.07) is 16.5. The first-order valence-corrected chi connectivity index (χ1v) is 10.7. The molecule has 0 saturated heterocycles. The first-order chi connectivity index (χ1) is 16.0. The highest BCUT2D eigenvalue weighted by Gasteiger charge is 2.24. The number of anilines is 3. The maximum Gasteiger partial charge on any atom is 0.320 e. The van der Waals surface area contributed by atoms with E-state index in [9.17, 15) is 9.59 Å². The maximum absolute atomic E-state index is 12.5. The normalized spacial score (nSPS) is 17.7. The summed E-state index contributed by atoms with van der Waals surface area (Å²) >= 11 is 0. The highest BCUT2D eigenvalue weighted by atomic mass is 16.4. The lowest BCUT2D eigenvalue weighted by atomic mass is 9.77. The molecule has 9 nitrogen and oxygen atoms in total. The van der Waals surface area contributed by atoms with E-state index in [0.717, 1.165) is 25.7 Å². The van der Waals surface area contributed by atoms with E-state index in [0.29, 0.717) is 22.9 Å². The van der Waals surface area contributed by atoms with E-state index in [4.69, 9.17) is 14.8 Å². The average molecular weight is 445 g/mol. The number of carbonyl (C=O) groups excluding carboxylic acids is 1. The van der Waals surface area contributed by atoms with Gasteiger partial charge in [0, 0.05) is 17.8 Å². The Balaban J connectivity index is 1.31. The van der Waals surface area contributed by atoms with Gasteiger partial charge in [0.1, 0.15) is 0 Å². The molecule has 1 saturated carbocycles. The lowest BCUT2D eigenvalue weighted by molar-refractivity contribution is -0.138. The summed E-state index contributed by atoms with van der Waals surface area (Å²) in [5.74, 6) is -0.740. The Morgan fingerprint density at radius 2 is 1.67 bits per heavy atom. The number of carbonyl (C=O) groups is 2. The van der Waals surface area contributed by atoms with Gasteiger partial charge in [-0.15, -0.1) is 5.10 Å². The molecule has 0 spiro atoms. The zero-order valence-electron chi connectivity index (χ0n) is 17.8. The van der Waals surface area contributed by atoms with Crippen molar-refractivity contribution in [1.82, 2.24) is 10.2 Å². The molecule has 9 heteroatoms. The van der Waals surface area contributed by atoms with E-state index in [1.54, 1.807) is 24.3 Å². The molecular formula is C24H23N5O4. The van der Waals surface area contributed by atoms with Gasteiger partial charge in [0.15, 0.2) is 0 Å². The smallest absolute Gasteiger partial charge is 0.320 e. The van der Waals surface area contributed by atoms with Crippen LogP contribution in [0.1, 0.15) is 59.8 Å². The van der Waals surface area contributed by atoms with Crippen molar-refractivity contribution >= 4 is 29.3 Å². The zero-order chi connectivity index (χ0) is 23.2. The Bertz CT molecular complexity index is 1160. The lowest BCUT2D eigenvalue weighted by Gasteiger charge is -2.28. The van der Waals surface area contributed by atoms with Crippen LogP contribution in [0.2, 0.25) is 0 Å². The van der Waals surface area contributed by atoms with Gasteiger partial charge in [0.25, 0.3) is 0 Å². The second kappa shape index (κ2) is 9.96. The molecule has 0 unspecified atom stereocenters. The standard InChI is InChI=1S/C24H23N5O4/c25-14-16-3-9-20(10-4-16)27-24-29-28-23(33-24)22(32)26-19-11-7-18(8-12-19)17-5-1-15(2-6-17)13-21(30)31/h3-4,7-12,15,17H,1-2,5-6,13H2,(H,26,32)(H,27,29)(H,30,31). The third-order valence-corrected chi connectivity index (χ3v) is 5.83. The van der Waals surface area contributed by atoms with Crippen molar-refractivity contribution in [1.29, 1.82) is 5.26 Å². The van der Waals surface area contributed by atoms with Crippen LogP contribution in [0.15, 0.2) is 52.9 Å². The van der Waals surface area contributed by atoms with Gasteiger partial charge < -0.3 is 20.2 Å². The van der Waals surface area contributed by atoms with Crippen molar-refractivity contribution < 1.29 is 19.1 Å². The van der Waals surface area contributed by atoms with Crippen LogP contribution in [-0.2, 0) is 4.79 Å². The fourth-order valence-electron chi connectivity index (χ4n) is 4.09. The number of amides is 1. The van der Waals surface area contributed by atoms with Gasteiger partial charge in [-0.25, -0.2) is 0 Å². The van der Waals surface area contributed by atoms with Crippen LogP contribution >= 0.6 is 0 Å². The fraction of sp³-hybridized carbons (Fsp3) is 0.292. The molecule has 3 N–H and O–H groups in total. The van der Waals surface area contributed by atoms with Gasteiger partial charge in [0.05, 0.1) is 11.6 Å². The molecule has 0 bridgehead atoms. The number of rotatable bonds is 7. The summed E-state index contributed by atoms with van der Waals surface area (Å²) in [4.78, 5) is 23.3. The molecule has 33 heavy (non-hydrogen) atoms. The number of carboxylic acid groups (broad SMARTS) is 1. The Morgan fingerprint density at radius 1 is 1.00 bits per heavy atom. The first kappa shape index (κ1) is 22.0. The highest BCUT2D eigenvalue weighted by molar-refractivity contribution is 6.00. The van der Waals surface area contributed by atoms with Gasteiger partial charge in [-0.2, -0.15) is 5.26 Å². The van der Waals surface area contributed by atoms with Crippen LogP contribution in [0.4, 0.5) is 17.4 Å². The quantitative estimate of drug-likeness (QED) is 0.476. The molecule has 168 valence electrons. The first-order valence-electron chi connectivity index (χ1n) is 10.7. The van der Waals surface area contributed by atoms with Gasteiger partial charge in [-0.05, 0) is 79.5 Å². The Labute approximate surface area is 190 Å². The van der Waals surface area contributed by atoms with Gasteiger partial charge >= 0.3 is 23.8 Å². The molecule has 0 aliphatic heterocycles. The van der Waals surface area contributed by atoms with Crippen LogP contribution in [0, 0.1) is 17.2 Å². The van der Waals surface area contributed by atoms with Crippen LogP contribution in [-0.4, -0.2) is 27.2 Å². The molecule has 1 fully saturated rings. The number of aromatic nitrogens is 2. The number of hydrogen-bond acceptors (Lipinski definition) is 7. The number of hydrogen-bond donors (Lipinski definition) is 3. The average Bonchev–Trinajstić information content (AvgIpc) is 3.29. The van der Waals surface area contributed by atoms with Crippen molar-refractivity contribution in [2.75, 3.05) is 10.6 Å². The Kier molecular flexibility index (Phi) is 6.64. The molecule has 0 atom stereocenters. The second-order valence-electron chi connectivity index (χ2n) is 8.12. The summed E-state index contributed by atoms with van der Waals surface area (Å²) in [6.07, 6.45) is 4.04. The predicted octanol–water partition coefficient (Wildman–Crippen LogP) is 4.69. The number of nitriles is 1. The fourth-order valence-corrected chi connectivity index (χ4v) is 4.09. The van der Waals surface area contributed by atoms with Crippen molar-refractivity contribution in [3.8, 4) is 6.07 Å².